The molecule has 0 saturated heterocycles. The van der Waals surface area contributed by atoms with Crippen molar-refractivity contribution in [2.24, 2.45) is 11.8 Å². The van der Waals surface area contributed by atoms with E-state index in [-0.39, 0.29) is 18.4 Å². The number of carbonyl (C=O) groups is 1. The molecule has 0 bridgehead atoms. The van der Waals surface area contributed by atoms with Crippen LogP contribution in [-0.2, 0) is 4.79 Å². The standard InChI is InChI=1S/C23H42O4/c1-4-6-11-18(3)23(27,5-2)17-16-19-14-15-21(24)20(19)12-9-7-8-10-13-22(25)26/h16,18,20-21,24,27H,4-15,17H2,1-3H3,(H,25,26)/t18?,20-,21-,23?/m1/s1. The first-order chi connectivity index (χ1) is 12.8. The van der Waals surface area contributed by atoms with E-state index in [1.165, 1.54) is 5.57 Å². The second-order valence-corrected chi connectivity index (χ2v) is 8.54. The number of rotatable bonds is 14. The van der Waals surface area contributed by atoms with E-state index in [4.69, 9.17) is 5.11 Å². The van der Waals surface area contributed by atoms with Crippen molar-refractivity contribution < 1.29 is 20.1 Å². The van der Waals surface area contributed by atoms with Crippen LogP contribution in [0.4, 0.5) is 0 Å². The van der Waals surface area contributed by atoms with Gasteiger partial charge in [0.15, 0.2) is 0 Å². The molecule has 0 heterocycles. The molecule has 0 spiro atoms. The molecule has 1 saturated carbocycles. The highest BCUT2D eigenvalue weighted by Crippen LogP contribution is 2.38. The van der Waals surface area contributed by atoms with Gasteiger partial charge in [0.25, 0.3) is 0 Å². The zero-order valence-electron chi connectivity index (χ0n) is 17.8. The third kappa shape index (κ3) is 8.35. The molecule has 4 nitrogen and oxygen atoms in total. The van der Waals surface area contributed by atoms with Gasteiger partial charge in [0.1, 0.15) is 0 Å². The second kappa shape index (κ2) is 12.6. The second-order valence-electron chi connectivity index (χ2n) is 8.54. The van der Waals surface area contributed by atoms with Crippen LogP contribution in [0, 0.1) is 11.8 Å². The van der Waals surface area contributed by atoms with E-state index >= 15 is 0 Å². The number of aliphatic hydroxyl groups excluding tert-OH is 1. The Morgan fingerprint density at radius 3 is 2.56 bits per heavy atom. The van der Waals surface area contributed by atoms with Crippen molar-refractivity contribution in [1.29, 1.82) is 0 Å². The average Bonchev–Trinajstić information content (AvgIpc) is 3.00. The van der Waals surface area contributed by atoms with Gasteiger partial charge in [0.2, 0.25) is 0 Å². The number of carboxylic acid groups (broad SMARTS) is 1. The maximum absolute atomic E-state index is 11.1. The molecular formula is C23H42O4. The van der Waals surface area contributed by atoms with Crippen LogP contribution in [0.5, 0.6) is 0 Å². The van der Waals surface area contributed by atoms with E-state index in [2.05, 4.69) is 26.8 Å². The summed E-state index contributed by atoms with van der Waals surface area (Å²) in [5.41, 5.74) is 0.680. The zero-order valence-corrected chi connectivity index (χ0v) is 17.8. The van der Waals surface area contributed by atoms with Crippen molar-refractivity contribution in [1.82, 2.24) is 0 Å². The maximum Gasteiger partial charge on any atom is 0.303 e. The molecule has 0 aromatic carbocycles. The van der Waals surface area contributed by atoms with Crippen LogP contribution in [0.1, 0.15) is 104 Å². The molecule has 3 N–H and O–H groups in total. The highest BCUT2D eigenvalue weighted by Gasteiger charge is 2.33. The number of hydrogen-bond acceptors (Lipinski definition) is 3. The smallest absolute Gasteiger partial charge is 0.303 e. The van der Waals surface area contributed by atoms with E-state index in [0.717, 1.165) is 70.6 Å². The third-order valence-electron chi connectivity index (χ3n) is 6.56. The van der Waals surface area contributed by atoms with E-state index in [0.29, 0.717) is 12.3 Å². The lowest BCUT2D eigenvalue weighted by molar-refractivity contribution is -0.137. The third-order valence-corrected chi connectivity index (χ3v) is 6.56. The monoisotopic (exact) mass is 382 g/mol. The molecule has 1 aliphatic rings. The summed E-state index contributed by atoms with van der Waals surface area (Å²) in [6.07, 6.45) is 13.5. The Balaban J connectivity index is 2.53. The lowest BCUT2D eigenvalue weighted by Crippen LogP contribution is -2.35. The summed E-state index contributed by atoms with van der Waals surface area (Å²) in [6.45, 7) is 6.42. The summed E-state index contributed by atoms with van der Waals surface area (Å²) in [4.78, 5) is 10.5. The molecule has 1 fully saturated rings. The summed E-state index contributed by atoms with van der Waals surface area (Å²) >= 11 is 0. The Hall–Kier alpha value is -0.870. The van der Waals surface area contributed by atoms with Crippen LogP contribution < -0.4 is 0 Å². The fourth-order valence-corrected chi connectivity index (χ4v) is 4.35. The molecule has 27 heavy (non-hydrogen) atoms. The summed E-state index contributed by atoms with van der Waals surface area (Å²) in [5, 5.41) is 30.1. The van der Waals surface area contributed by atoms with Gasteiger partial charge in [0.05, 0.1) is 11.7 Å². The molecule has 1 aliphatic carbocycles. The molecule has 158 valence electrons. The Bertz CT molecular complexity index is 459. The first-order valence-electron chi connectivity index (χ1n) is 11.1. The van der Waals surface area contributed by atoms with Crippen LogP contribution in [0.25, 0.3) is 0 Å². The highest BCUT2D eigenvalue weighted by atomic mass is 16.4. The van der Waals surface area contributed by atoms with Gasteiger partial charge in [0, 0.05) is 12.3 Å². The van der Waals surface area contributed by atoms with Gasteiger partial charge in [-0.05, 0) is 50.9 Å². The van der Waals surface area contributed by atoms with E-state index in [1.54, 1.807) is 0 Å². The first kappa shape index (κ1) is 24.2. The van der Waals surface area contributed by atoms with Crippen LogP contribution in [0.3, 0.4) is 0 Å². The molecule has 0 aromatic heterocycles. The van der Waals surface area contributed by atoms with Crippen LogP contribution in [-0.4, -0.2) is 33.0 Å². The fourth-order valence-electron chi connectivity index (χ4n) is 4.35. The number of aliphatic carboxylic acids is 1. The van der Waals surface area contributed by atoms with Crippen LogP contribution in [0.15, 0.2) is 11.6 Å². The summed E-state index contributed by atoms with van der Waals surface area (Å²) in [5.74, 6) is -0.210. The van der Waals surface area contributed by atoms with Gasteiger partial charge >= 0.3 is 5.97 Å². The molecule has 0 aliphatic heterocycles. The minimum absolute atomic E-state index is 0.219. The van der Waals surface area contributed by atoms with Crippen molar-refractivity contribution in [2.45, 2.75) is 116 Å². The first-order valence-corrected chi connectivity index (χ1v) is 11.1. The lowest BCUT2D eigenvalue weighted by Gasteiger charge is -2.33. The predicted octanol–water partition coefficient (Wildman–Crippen LogP) is 5.47. The Kier molecular flexibility index (Phi) is 11.2. The molecule has 4 heteroatoms. The van der Waals surface area contributed by atoms with Gasteiger partial charge in [-0.25, -0.2) is 0 Å². The van der Waals surface area contributed by atoms with Gasteiger partial charge in [-0.15, -0.1) is 0 Å². The van der Waals surface area contributed by atoms with Crippen molar-refractivity contribution in [3.8, 4) is 0 Å². The number of carboxylic acids is 1. The summed E-state index contributed by atoms with van der Waals surface area (Å²) in [7, 11) is 0. The molecule has 1 rings (SSSR count). The van der Waals surface area contributed by atoms with E-state index < -0.39 is 11.6 Å². The topological polar surface area (TPSA) is 77.8 Å². The maximum atomic E-state index is 11.1. The Morgan fingerprint density at radius 1 is 1.22 bits per heavy atom. The van der Waals surface area contributed by atoms with E-state index in [1.807, 2.05) is 0 Å². The normalized spacial score (nSPS) is 24.9. The van der Waals surface area contributed by atoms with Crippen molar-refractivity contribution >= 4 is 5.97 Å². The molecule has 0 radical (unpaired) electrons. The van der Waals surface area contributed by atoms with Crippen molar-refractivity contribution in [3.63, 3.8) is 0 Å². The van der Waals surface area contributed by atoms with Gasteiger partial charge in [-0.1, -0.05) is 64.5 Å². The number of unbranched alkanes of at least 4 members (excludes halogenated alkanes) is 4. The SMILES string of the molecule is CCCCC(C)C(O)(CC)CC=C1CC[C@@H](O)[C@@H]1CCCCCCC(=O)O. The average molecular weight is 383 g/mol. The van der Waals surface area contributed by atoms with Gasteiger partial charge in [-0.3, -0.25) is 4.79 Å². The minimum Gasteiger partial charge on any atom is -0.481 e. The molecule has 0 amide bonds. The largest absolute Gasteiger partial charge is 0.481 e. The Labute approximate surface area is 166 Å². The van der Waals surface area contributed by atoms with E-state index in [9.17, 15) is 15.0 Å². The lowest BCUT2D eigenvalue weighted by atomic mass is 9.79. The predicted molar refractivity (Wildman–Crippen MR) is 111 cm³/mol. The summed E-state index contributed by atoms with van der Waals surface area (Å²) in [6, 6.07) is 0. The van der Waals surface area contributed by atoms with Gasteiger partial charge in [-0.2, -0.15) is 0 Å². The summed E-state index contributed by atoms with van der Waals surface area (Å²) < 4.78 is 0. The number of hydrogen-bond donors (Lipinski definition) is 3. The zero-order chi connectivity index (χ0) is 20.3. The number of aliphatic hydroxyl groups is 2. The Morgan fingerprint density at radius 2 is 1.93 bits per heavy atom. The minimum atomic E-state index is -0.719. The van der Waals surface area contributed by atoms with Crippen molar-refractivity contribution in [2.75, 3.05) is 0 Å². The molecular weight excluding hydrogens is 340 g/mol. The molecule has 0 aromatic rings. The molecule has 2 unspecified atom stereocenters. The van der Waals surface area contributed by atoms with Crippen LogP contribution in [0.2, 0.25) is 0 Å². The fraction of sp³-hybridized carbons (Fsp3) is 0.870. The van der Waals surface area contributed by atoms with Gasteiger partial charge < -0.3 is 15.3 Å². The van der Waals surface area contributed by atoms with Crippen molar-refractivity contribution in [3.05, 3.63) is 11.6 Å². The highest BCUT2D eigenvalue weighted by molar-refractivity contribution is 5.66. The quantitative estimate of drug-likeness (QED) is 0.275. The van der Waals surface area contributed by atoms with Crippen LogP contribution >= 0.6 is 0 Å². The molecule has 4 atom stereocenters.